The van der Waals surface area contributed by atoms with Gasteiger partial charge < -0.3 is 25.6 Å². The Balaban J connectivity index is 1.52. The predicted molar refractivity (Wildman–Crippen MR) is 142 cm³/mol. The number of aliphatic carboxylic acids is 1. The zero-order valence-electron chi connectivity index (χ0n) is 21.5. The van der Waals surface area contributed by atoms with Gasteiger partial charge >= 0.3 is 12.1 Å². The minimum absolute atomic E-state index is 0.0179. The summed E-state index contributed by atoms with van der Waals surface area (Å²) >= 11 is 2.65. The van der Waals surface area contributed by atoms with Crippen molar-refractivity contribution < 1.29 is 34.1 Å². The Kier molecular flexibility index (Phi) is 8.11. The van der Waals surface area contributed by atoms with Crippen molar-refractivity contribution in [1.29, 1.82) is 0 Å². The summed E-state index contributed by atoms with van der Waals surface area (Å²) < 4.78 is 5.31. The molecule has 1 aromatic carbocycles. The number of phenols is 1. The lowest BCUT2D eigenvalue weighted by Gasteiger charge is -2.49. The van der Waals surface area contributed by atoms with Crippen molar-refractivity contribution in [2.24, 2.45) is 0 Å². The zero-order valence-corrected chi connectivity index (χ0v) is 23.2. The molecule has 3 heterocycles. The molecule has 15 heteroatoms. The highest BCUT2D eigenvalue weighted by atomic mass is 32.2. The smallest absolute Gasteiger partial charge is 0.408 e. The van der Waals surface area contributed by atoms with E-state index in [0.717, 1.165) is 0 Å². The number of aryl methyl sites for hydroxylation is 1. The number of aromatic amines is 1. The van der Waals surface area contributed by atoms with Gasteiger partial charge in [-0.1, -0.05) is 11.3 Å². The van der Waals surface area contributed by atoms with E-state index in [0.29, 0.717) is 33.2 Å². The van der Waals surface area contributed by atoms with Crippen molar-refractivity contribution in [3.05, 3.63) is 46.8 Å². The Morgan fingerprint density at radius 2 is 2.08 bits per heavy atom. The van der Waals surface area contributed by atoms with Gasteiger partial charge in [0.25, 0.3) is 5.91 Å². The monoisotopic (exact) mass is 576 g/mol. The third-order valence-electron chi connectivity index (χ3n) is 5.82. The SMILES string of the molecule is Cc1cc(C(NC(=O)OC(C)(C)C)C(=O)NC2C(=O)N3C(C(=O)O)=C(CSc4cnn[nH]4)CS[C@@H]23)ccc1O. The van der Waals surface area contributed by atoms with Crippen LogP contribution >= 0.6 is 23.5 Å². The Bertz CT molecular complexity index is 1320. The van der Waals surface area contributed by atoms with Crippen LogP contribution in [0.15, 0.2) is 40.7 Å². The number of H-pyrrole nitrogens is 1. The van der Waals surface area contributed by atoms with Gasteiger partial charge in [0, 0.05) is 11.5 Å². The zero-order chi connectivity index (χ0) is 28.5. The first-order chi connectivity index (χ1) is 18.4. The van der Waals surface area contributed by atoms with Gasteiger partial charge in [-0.3, -0.25) is 19.6 Å². The van der Waals surface area contributed by atoms with E-state index in [1.165, 1.54) is 46.8 Å². The quantitative estimate of drug-likeness (QED) is 0.228. The summed E-state index contributed by atoms with van der Waals surface area (Å²) in [5.41, 5.74) is 0.491. The molecule has 1 saturated heterocycles. The number of β-lactam (4-membered cyclic amide) rings is 1. The summed E-state index contributed by atoms with van der Waals surface area (Å²) in [6.45, 7) is 6.69. The number of alkyl carbamates (subject to hydrolysis) is 1. The maximum atomic E-state index is 13.4. The van der Waals surface area contributed by atoms with Gasteiger partial charge in [0.05, 0.1) is 6.20 Å². The number of amides is 3. The van der Waals surface area contributed by atoms with Crippen molar-refractivity contribution in [3.63, 3.8) is 0 Å². The molecule has 0 bridgehead atoms. The molecule has 13 nitrogen and oxygen atoms in total. The fourth-order valence-electron chi connectivity index (χ4n) is 4.04. The number of benzene rings is 1. The fourth-order valence-corrected chi connectivity index (χ4v) is 6.31. The van der Waals surface area contributed by atoms with E-state index in [4.69, 9.17) is 4.74 Å². The molecule has 4 rings (SSSR count). The molecule has 0 spiro atoms. The summed E-state index contributed by atoms with van der Waals surface area (Å²) in [5.74, 6) is -1.81. The largest absolute Gasteiger partial charge is 0.508 e. The second-order valence-corrected chi connectivity index (χ2v) is 12.0. The second-order valence-electron chi connectivity index (χ2n) is 9.89. The number of nitrogens with zero attached hydrogens (tertiary/aromatic N) is 3. The first-order valence-corrected chi connectivity index (χ1v) is 13.9. The van der Waals surface area contributed by atoms with Gasteiger partial charge in [0.1, 0.15) is 39.5 Å². The number of carboxylic acids is 1. The molecule has 208 valence electrons. The lowest BCUT2D eigenvalue weighted by molar-refractivity contribution is -0.151. The molecular formula is C24H28N6O7S2. The number of ether oxygens (including phenoxy) is 1. The lowest BCUT2D eigenvalue weighted by Crippen LogP contribution is -2.71. The van der Waals surface area contributed by atoms with Crippen LogP contribution < -0.4 is 10.6 Å². The standard InChI is InChI=1S/C24H28N6O7S2/c1-11-7-12(5-6-14(11)31)16(27-23(36)37-24(2,3)4)19(32)26-17-20(33)30-18(22(34)35)13(10-39-21(17)30)9-38-15-8-25-29-28-15/h5-8,16-17,21,31H,9-10H2,1-4H3,(H,26,32)(H,27,36)(H,34,35)(H,25,28,29)/t16?,17?,21-/m0/s1. The normalized spacial score (nSPS) is 19.6. The topological polar surface area (TPSA) is 187 Å². The van der Waals surface area contributed by atoms with Crippen molar-refractivity contribution in [3.8, 4) is 5.75 Å². The van der Waals surface area contributed by atoms with Crippen LogP contribution in [0.3, 0.4) is 0 Å². The molecule has 2 aliphatic rings. The van der Waals surface area contributed by atoms with Crippen molar-refractivity contribution >= 4 is 47.4 Å². The van der Waals surface area contributed by atoms with Gasteiger partial charge in [0.15, 0.2) is 0 Å². The van der Waals surface area contributed by atoms with Gasteiger partial charge in [-0.05, 0) is 56.5 Å². The molecule has 1 fully saturated rings. The Morgan fingerprint density at radius 1 is 1.33 bits per heavy atom. The predicted octanol–water partition coefficient (Wildman–Crippen LogP) is 1.92. The number of nitrogens with one attached hydrogen (secondary N) is 3. The fraction of sp³-hybridized carbons (Fsp3) is 0.417. The number of thioether (sulfide) groups is 2. The van der Waals surface area contributed by atoms with Crippen LogP contribution in [0.25, 0.3) is 0 Å². The minimum atomic E-state index is -1.24. The van der Waals surface area contributed by atoms with Gasteiger partial charge in [-0.2, -0.15) is 0 Å². The van der Waals surface area contributed by atoms with E-state index in [-0.39, 0.29) is 11.4 Å². The summed E-state index contributed by atoms with van der Waals surface area (Å²) in [7, 11) is 0. The number of aromatic nitrogens is 3. The van der Waals surface area contributed by atoms with Gasteiger partial charge in [0.2, 0.25) is 5.91 Å². The van der Waals surface area contributed by atoms with Crippen LogP contribution in [0, 0.1) is 6.92 Å². The van der Waals surface area contributed by atoms with Gasteiger partial charge in [-0.15, -0.1) is 28.6 Å². The van der Waals surface area contributed by atoms with Crippen molar-refractivity contribution in [2.45, 2.75) is 55.8 Å². The Hall–Kier alpha value is -3.72. The van der Waals surface area contributed by atoms with E-state index >= 15 is 0 Å². The molecule has 5 N–H and O–H groups in total. The number of carbonyl (C=O) groups is 4. The third-order valence-corrected chi connectivity index (χ3v) is 8.16. The molecular weight excluding hydrogens is 548 g/mol. The second kappa shape index (κ2) is 11.2. The number of fused-ring (bicyclic) bond motifs is 1. The molecule has 3 amide bonds. The number of phenolic OH excluding ortho intramolecular Hbond substituents is 1. The maximum Gasteiger partial charge on any atom is 0.408 e. The highest BCUT2D eigenvalue weighted by Crippen LogP contribution is 2.41. The molecule has 2 aliphatic heterocycles. The summed E-state index contributed by atoms with van der Waals surface area (Å²) in [4.78, 5) is 52.3. The van der Waals surface area contributed by atoms with E-state index in [9.17, 15) is 29.4 Å². The average Bonchev–Trinajstić information content (AvgIpc) is 3.38. The molecule has 2 aromatic rings. The van der Waals surface area contributed by atoms with Crippen LogP contribution in [-0.4, -0.2) is 82.9 Å². The molecule has 3 atom stereocenters. The molecule has 0 aliphatic carbocycles. The molecule has 39 heavy (non-hydrogen) atoms. The number of carboxylic acid groups (broad SMARTS) is 1. The number of hydrogen-bond acceptors (Lipinski definition) is 10. The minimum Gasteiger partial charge on any atom is -0.508 e. The Morgan fingerprint density at radius 3 is 2.69 bits per heavy atom. The van der Waals surface area contributed by atoms with Crippen molar-refractivity contribution in [2.75, 3.05) is 11.5 Å². The third kappa shape index (κ3) is 6.30. The molecule has 0 saturated carbocycles. The summed E-state index contributed by atoms with van der Waals surface area (Å²) in [6, 6.07) is 2.20. The average molecular weight is 577 g/mol. The maximum absolute atomic E-state index is 13.4. The highest BCUT2D eigenvalue weighted by molar-refractivity contribution is 8.01. The van der Waals surface area contributed by atoms with Crippen LogP contribution in [0.1, 0.15) is 37.9 Å². The number of rotatable bonds is 8. The highest BCUT2D eigenvalue weighted by Gasteiger charge is 2.54. The molecule has 0 radical (unpaired) electrons. The lowest BCUT2D eigenvalue weighted by atomic mass is 10.00. The summed E-state index contributed by atoms with van der Waals surface area (Å²) in [6.07, 6.45) is 0.676. The van der Waals surface area contributed by atoms with E-state index in [1.807, 2.05) is 0 Å². The van der Waals surface area contributed by atoms with Crippen LogP contribution in [0.4, 0.5) is 4.79 Å². The molecule has 2 unspecified atom stereocenters. The Labute approximate surface area is 232 Å². The number of aromatic hydroxyl groups is 1. The van der Waals surface area contributed by atoms with E-state index < -0.39 is 46.9 Å². The van der Waals surface area contributed by atoms with E-state index in [2.05, 4.69) is 26.0 Å². The van der Waals surface area contributed by atoms with Gasteiger partial charge in [-0.25, -0.2) is 9.59 Å². The number of carbonyl (C=O) groups excluding carboxylic acids is 3. The summed E-state index contributed by atoms with van der Waals surface area (Å²) in [5, 5.41) is 35.0. The first-order valence-electron chi connectivity index (χ1n) is 11.8. The number of hydrogen-bond donors (Lipinski definition) is 5. The van der Waals surface area contributed by atoms with Crippen molar-refractivity contribution in [1.82, 2.24) is 30.9 Å². The molecule has 1 aromatic heterocycles. The van der Waals surface area contributed by atoms with Crippen LogP contribution in [0.5, 0.6) is 5.75 Å². The van der Waals surface area contributed by atoms with Crippen LogP contribution in [0.2, 0.25) is 0 Å². The first kappa shape index (κ1) is 28.3. The van der Waals surface area contributed by atoms with E-state index in [1.54, 1.807) is 33.8 Å². The van der Waals surface area contributed by atoms with Crippen LogP contribution in [-0.2, 0) is 19.1 Å².